The van der Waals surface area contributed by atoms with Crippen molar-refractivity contribution in [2.75, 3.05) is 25.5 Å². The van der Waals surface area contributed by atoms with Gasteiger partial charge in [-0.25, -0.2) is 0 Å². The number of nitrogens with one attached hydrogen (secondary N) is 2. The molecule has 0 amide bonds. The Labute approximate surface area is 107 Å². The average molecular weight is 244 g/mol. The Kier molecular flexibility index (Phi) is 3.19. The van der Waals surface area contributed by atoms with E-state index in [4.69, 9.17) is 0 Å². The first-order valence-electron chi connectivity index (χ1n) is 6.70. The van der Waals surface area contributed by atoms with Crippen molar-refractivity contribution in [3.05, 3.63) is 24.4 Å². The van der Waals surface area contributed by atoms with Gasteiger partial charge in [-0.1, -0.05) is 6.42 Å². The second-order valence-corrected chi connectivity index (χ2v) is 5.18. The van der Waals surface area contributed by atoms with Gasteiger partial charge in [0.2, 0.25) is 0 Å². The van der Waals surface area contributed by atoms with E-state index in [1.54, 1.807) is 0 Å². The summed E-state index contributed by atoms with van der Waals surface area (Å²) < 4.78 is 0. The number of hydrogen-bond donors (Lipinski definition) is 2. The predicted molar refractivity (Wildman–Crippen MR) is 74.9 cm³/mol. The molecule has 1 atom stereocenters. The van der Waals surface area contributed by atoms with Crippen LogP contribution in [0.1, 0.15) is 19.3 Å². The molecule has 2 N–H and O–H groups in total. The van der Waals surface area contributed by atoms with Gasteiger partial charge >= 0.3 is 0 Å². The fourth-order valence-corrected chi connectivity index (χ4v) is 2.68. The van der Waals surface area contributed by atoms with Crippen molar-refractivity contribution in [3.63, 3.8) is 0 Å². The number of nitrogens with zero attached hydrogens (tertiary/aromatic N) is 2. The highest BCUT2D eigenvalue weighted by Crippen LogP contribution is 2.19. The van der Waals surface area contributed by atoms with Gasteiger partial charge in [-0.2, -0.15) is 5.10 Å². The molecule has 1 aromatic heterocycles. The zero-order valence-corrected chi connectivity index (χ0v) is 10.8. The van der Waals surface area contributed by atoms with Crippen LogP contribution in [0.3, 0.4) is 0 Å². The first kappa shape index (κ1) is 11.5. The Hall–Kier alpha value is -1.55. The Morgan fingerprint density at radius 2 is 2.39 bits per heavy atom. The monoisotopic (exact) mass is 244 g/mol. The van der Waals surface area contributed by atoms with Gasteiger partial charge in [-0.15, -0.1) is 0 Å². The predicted octanol–water partition coefficient (Wildman–Crippen LogP) is 2.46. The molecule has 3 rings (SSSR count). The van der Waals surface area contributed by atoms with Crippen molar-refractivity contribution in [2.24, 2.45) is 0 Å². The second kappa shape index (κ2) is 4.98. The minimum atomic E-state index is 0.663. The van der Waals surface area contributed by atoms with Crippen LogP contribution < -0.4 is 5.32 Å². The molecule has 0 saturated carbocycles. The smallest absolute Gasteiger partial charge is 0.0670 e. The van der Waals surface area contributed by atoms with Crippen molar-refractivity contribution in [2.45, 2.75) is 25.3 Å². The van der Waals surface area contributed by atoms with Crippen LogP contribution in [0.2, 0.25) is 0 Å². The number of rotatable bonds is 3. The second-order valence-electron chi connectivity index (χ2n) is 5.18. The summed E-state index contributed by atoms with van der Waals surface area (Å²) in [4.78, 5) is 2.46. The highest BCUT2D eigenvalue weighted by molar-refractivity contribution is 5.81. The lowest BCUT2D eigenvalue weighted by atomic mass is 10.0. The number of benzene rings is 1. The molecule has 96 valence electrons. The average Bonchev–Trinajstić information content (AvgIpc) is 2.85. The van der Waals surface area contributed by atoms with E-state index >= 15 is 0 Å². The number of hydrogen-bond acceptors (Lipinski definition) is 3. The Morgan fingerprint density at radius 1 is 1.44 bits per heavy atom. The molecule has 4 nitrogen and oxygen atoms in total. The largest absolute Gasteiger partial charge is 0.383 e. The summed E-state index contributed by atoms with van der Waals surface area (Å²) >= 11 is 0. The summed E-state index contributed by atoms with van der Waals surface area (Å²) in [5.41, 5.74) is 2.27. The van der Waals surface area contributed by atoms with E-state index in [9.17, 15) is 0 Å². The highest BCUT2D eigenvalue weighted by Gasteiger charge is 2.18. The Bertz CT molecular complexity index is 519. The van der Waals surface area contributed by atoms with Gasteiger partial charge in [0.25, 0.3) is 0 Å². The number of H-pyrrole nitrogens is 1. The lowest BCUT2D eigenvalue weighted by Crippen LogP contribution is -2.40. The van der Waals surface area contributed by atoms with Crippen LogP contribution in [0, 0.1) is 0 Å². The Morgan fingerprint density at radius 3 is 3.28 bits per heavy atom. The molecule has 0 aliphatic carbocycles. The van der Waals surface area contributed by atoms with Crippen LogP contribution in [0.25, 0.3) is 10.9 Å². The SMILES string of the molecule is CN1CCCCC1CNc1ccc2cn[nH]c2c1. The molecule has 1 saturated heterocycles. The number of aromatic amines is 1. The van der Waals surface area contributed by atoms with Gasteiger partial charge in [0, 0.05) is 23.7 Å². The highest BCUT2D eigenvalue weighted by atomic mass is 15.2. The van der Waals surface area contributed by atoms with Gasteiger partial charge in [0.15, 0.2) is 0 Å². The number of likely N-dealkylation sites (tertiary alicyclic amines) is 1. The molecule has 0 radical (unpaired) electrons. The quantitative estimate of drug-likeness (QED) is 0.871. The van der Waals surface area contributed by atoms with Crippen LogP contribution >= 0.6 is 0 Å². The van der Waals surface area contributed by atoms with Crippen LogP contribution in [-0.4, -0.2) is 41.3 Å². The molecule has 0 bridgehead atoms. The first-order chi connectivity index (χ1) is 8.83. The zero-order valence-electron chi connectivity index (χ0n) is 10.8. The summed E-state index contributed by atoms with van der Waals surface area (Å²) in [7, 11) is 2.23. The standard InChI is InChI=1S/C14H20N4/c1-18-7-3-2-4-13(18)10-15-12-6-5-11-9-16-17-14(11)8-12/h5-6,8-9,13,15H,2-4,7,10H2,1H3,(H,16,17). The fraction of sp³-hybridized carbons (Fsp3) is 0.500. The maximum atomic E-state index is 4.04. The summed E-state index contributed by atoms with van der Waals surface area (Å²) in [5.74, 6) is 0. The van der Waals surface area contributed by atoms with Crippen molar-refractivity contribution in [3.8, 4) is 0 Å². The third-order valence-electron chi connectivity index (χ3n) is 3.91. The van der Waals surface area contributed by atoms with E-state index < -0.39 is 0 Å². The maximum Gasteiger partial charge on any atom is 0.0670 e. The molecule has 1 unspecified atom stereocenters. The third kappa shape index (κ3) is 2.34. The summed E-state index contributed by atoms with van der Waals surface area (Å²) in [5, 5.41) is 11.7. The minimum Gasteiger partial charge on any atom is -0.383 e. The van der Waals surface area contributed by atoms with E-state index in [0.717, 1.165) is 17.4 Å². The van der Waals surface area contributed by atoms with Gasteiger partial charge < -0.3 is 10.2 Å². The van der Waals surface area contributed by atoms with E-state index in [0.29, 0.717) is 6.04 Å². The summed E-state index contributed by atoms with van der Waals surface area (Å²) in [6, 6.07) is 7.02. The topological polar surface area (TPSA) is 44.0 Å². The number of aromatic nitrogens is 2. The number of fused-ring (bicyclic) bond motifs is 1. The molecule has 1 aliphatic heterocycles. The normalized spacial score (nSPS) is 21.3. The van der Waals surface area contributed by atoms with Crippen molar-refractivity contribution >= 4 is 16.6 Å². The molecule has 2 heterocycles. The van der Waals surface area contributed by atoms with Crippen molar-refractivity contribution < 1.29 is 0 Å². The lowest BCUT2D eigenvalue weighted by Gasteiger charge is -2.32. The Balaban J connectivity index is 1.65. The number of likely N-dealkylation sites (N-methyl/N-ethyl adjacent to an activating group) is 1. The van der Waals surface area contributed by atoms with Gasteiger partial charge in [-0.3, -0.25) is 5.10 Å². The van der Waals surface area contributed by atoms with E-state index in [-0.39, 0.29) is 0 Å². The molecular weight excluding hydrogens is 224 g/mol. The molecular formula is C14H20N4. The minimum absolute atomic E-state index is 0.663. The molecule has 0 spiro atoms. The van der Waals surface area contributed by atoms with Crippen LogP contribution in [0.15, 0.2) is 24.4 Å². The number of anilines is 1. The van der Waals surface area contributed by atoms with Gasteiger partial charge in [0.05, 0.1) is 11.7 Å². The number of piperidine rings is 1. The third-order valence-corrected chi connectivity index (χ3v) is 3.91. The van der Waals surface area contributed by atoms with Crippen molar-refractivity contribution in [1.82, 2.24) is 15.1 Å². The van der Waals surface area contributed by atoms with Gasteiger partial charge in [-0.05, 0) is 44.6 Å². The first-order valence-corrected chi connectivity index (χ1v) is 6.70. The molecule has 1 aliphatic rings. The molecule has 18 heavy (non-hydrogen) atoms. The zero-order chi connectivity index (χ0) is 12.4. The molecule has 4 heteroatoms. The van der Waals surface area contributed by atoms with Crippen LogP contribution in [0.5, 0.6) is 0 Å². The van der Waals surface area contributed by atoms with E-state index in [2.05, 4.69) is 45.7 Å². The van der Waals surface area contributed by atoms with Gasteiger partial charge in [0.1, 0.15) is 0 Å². The van der Waals surface area contributed by atoms with Crippen LogP contribution in [-0.2, 0) is 0 Å². The summed E-state index contributed by atoms with van der Waals surface area (Å²) in [6.45, 7) is 2.25. The molecule has 2 aromatic rings. The van der Waals surface area contributed by atoms with Crippen LogP contribution in [0.4, 0.5) is 5.69 Å². The fourth-order valence-electron chi connectivity index (χ4n) is 2.68. The maximum absolute atomic E-state index is 4.04. The molecule has 1 fully saturated rings. The summed E-state index contributed by atoms with van der Waals surface area (Å²) in [6.07, 6.45) is 5.85. The van der Waals surface area contributed by atoms with E-state index in [1.165, 1.54) is 31.5 Å². The van der Waals surface area contributed by atoms with E-state index in [1.807, 2.05) is 6.20 Å². The molecule has 1 aromatic carbocycles. The van der Waals surface area contributed by atoms with Crippen molar-refractivity contribution in [1.29, 1.82) is 0 Å². The lowest BCUT2D eigenvalue weighted by molar-refractivity contribution is 0.194.